The summed E-state index contributed by atoms with van der Waals surface area (Å²) in [5.41, 5.74) is 7.27. The summed E-state index contributed by atoms with van der Waals surface area (Å²) in [7, 11) is -3.07. The number of carbonyl (C=O) groups is 1. The number of benzene rings is 1. The topological polar surface area (TPSA) is 77.2 Å². The Morgan fingerprint density at radius 1 is 1.29 bits per heavy atom. The first-order chi connectivity index (χ1) is 7.79. The van der Waals surface area contributed by atoms with E-state index in [0.29, 0.717) is 5.56 Å². The number of aryl methyl sites for hydroxylation is 1. The van der Waals surface area contributed by atoms with Crippen molar-refractivity contribution in [1.82, 2.24) is 0 Å². The third-order valence-corrected chi connectivity index (χ3v) is 3.45. The van der Waals surface area contributed by atoms with Crippen LogP contribution in [0.3, 0.4) is 0 Å². The van der Waals surface area contributed by atoms with E-state index in [2.05, 4.69) is 0 Å². The van der Waals surface area contributed by atoms with Gasteiger partial charge in [-0.3, -0.25) is 4.79 Å². The van der Waals surface area contributed by atoms with Gasteiger partial charge >= 0.3 is 0 Å². The Kier molecular flexibility index (Phi) is 4.42. The van der Waals surface area contributed by atoms with Gasteiger partial charge in [0, 0.05) is 11.8 Å². The monoisotopic (exact) mass is 255 g/mol. The molecule has 1 atom stereocenters. The van der Waals surface area contributed by atoms with Crippen LogP contribution >= 0.6 is 0 Å². The molecule has 5 heteroatoms. The minimum Gasteiger partial charge on any atom is -0.321 e. The predicted octanol–water partition coefficient (Wildman–Crippen LogP) is 0.940. The molecule has 1 unspecified atom stereocenters. The zero-order valence-electron chi connectivity index (χ0n) is 10.0. The molecule has 0 spiro atoms. The number of nitrogens with two attached hydrogens (primary N) is 1. The molecule has 0 saturated carbocycles. The summed E-state index contributed by atoms with van der Waals surface area (Å²) < 4.78 is 21.9. The van der Waals surface area contributed by atoms with Crippen molar-refractivity contribution in [2.75, 3.05) is 12.0 Å². The molecule has 1 aromatic carbocycles. The quantitative estimate of drug-likeness (QED) is 0.794. The van der Waals surface area contributed by atoms with Crippen LogP contribution in [0.5, 0.6) is 0 Å². The zero-order valence-corrected chi connectivity index (χ0v) is 10.8. The van der Waals surface area contributed by atoms with Gasteiger partial charge in [-0.2, -0.15) is 0 Å². The molecular weight excluding hydrogens is 238 g/mol. The van der Waals surface area contributed by atoms with Crippen LogP contribution in [0, 0.1) is 6.92 Å². The highest BCUT2D eigenvalue weighted by molar-refractivity contribution is 7.90. The van der Waals surface area contributed by atoms with Gasteiger partial charge < -0.3 is 5.73 Å². The maximum absolute atomic E-state index is 11.9. The summed E-state index contributed by atoms with van der Waals surface area (Å²) in [6, 6.07) is 6.32. The first-order valence-electron chi connectivity index (χ1n) is 5.34. The van der Waals surface area contributed by atoms with E-state index in [-0.39, 0.29) is 18.0 Å². The molecule has 0 amide bonds. The molecule has 2 N–H and O–H groups in total. The zero-order chi connectivity index (χ0) is 13.1. The van der Waals surface area contributed by atoms with E-state index in [1.54, 1.807) is 12.1 Å². The lowest BCUT2D eigenvalue weighted by molar-refractivity contribution is 0.0960. The molecule has 1 aromatic rings. The molecule has 0 fully saturated rings. The molecule has 0 aliphatic heterocycles. The molecule has 0 aliphatic rings. The molecule has 94 valence electrons. The van der Waals surface area contributed by atoms with Gasteiger partial charge in [0.1, 0.15) is 9.84 Å². The summed E-state index contributed by atoms with van der Waals surface area (Å²) in [6.07, 6.45) is 1.29. The highest BCUT2D eigenvalue weighted by Gasteiger charge is 2.17. The molecule has 0 aromatic heterocycles. The average molecular weight is 255 g/mol. The maximum Gasteiger partial charge on any atom is 0.179 e. The molecule has 0 saturated heterocycles. The van der Waals surface area contributed by atoms with E-state index in [1.165, 1.54) is 0 Å². The molecule has 17 heavy (non-hydrogen) atoms. The number of rotatable bonds is 5. The van der Waals surface area contributed by atoms with E-state index in [1.807, 2.05) is 19.1 Å². The van der Waals surface area contributed by atoms with Crippen LogP contribution in [0.2, 0.25) is 0 Å². The summed E-state index contributed by atoms with van der Waals surface area (Å²) in [6.45, 7) is 1.93. The lowest BCUT2D eigenvalue weighted by atomic mass is 10.0. The largest absolute Gasteiger partial charge is 0.321 e. The predicted molar refractivity (Wildman–Crippen MR) is 67.8 cm³/mol. The number of carbonyl (C=O) groups excluding carboxylic acids is 1. The second kappa shape index (κ2) is 5.42. The van der Waals surface area contributed by atoms with Crippen molar-refractivity contribution in [3.63, 3.8) is 0 Å². The fraction of sp³-hybridized carbons (Fsp3) is 0.417. The highest BCUT2D eigenvalue weighted by Crippen LogP contribution is 2.07. The summed E-state index contributed by atoms with van der Waals surface area (Å²) >= 11 is 0. The molecule has 4 nitrogen and oxygen atoms in total. The normalized spacial score (nSPS) is 13.4. The second-order valence-corrected chi connectivity index (χ2v) is 6.52. The highest BCUT2D eigenvalue weighted by atomic mass is 32.2. The van der Waals surface area contributed by atoms with E-state index in [0.717, 1.165) is 11.8 Å². The summed E-state index contributed by atoms with van der Waals surface area (Å²) in [5.74, 6) is -0.278. The summed E-state index contributed by atoms with van der Waals surface area (Å²) in [4.78, 5) is 11.9. The van der Waals surface area contributed by atoms with Gasteiger partial charge in [-0.05, 0) is 13.3 Å². The smallest absolute Gasteiger partial charge is 0.179 e. The molecule has 0 heterocycles. The Hall–Kier alpha value is -1.20. The van der Waals surface area contributed by atoms with E-state index >= 15 is 0 Å². The number of ketones is 1. The Morgan fingerprint density at radius 3 is 2.29 bits per heavy atom. The van der Waals surface area contributed by atoms with Crippen molar-refractivity contribution in [3.05, 3.63) is 35.4 Å². The Bertz CT molecular complexity index is 491. The van der Waals surface area contributed by atoms with Crippen LogP contribution < -0.4 is 5.73 Å². The fourth-order valence-electron chi connectivity index (χ4n) is 1.40. The second-order valence-electron chi connectivity index (χ2n) is 4.26. The maximum atomic E-state index is 11.9. The Morgan fingerprint density at radius 2 is 1.82 bits per heavy atom. The van der Waals surface area contributed by atoms with Crippen molar-refractivity contribution in [2.24, 2.45) is 5.73 Å². The number of hydrogen-bond donors (Lipinski definition) is 1. The molecule has 0 aliphatic carbocycles. The third-order valence-electron chi connectivity index (χ3n) is 2.47. The van der Waals surface area contributed by atoms with Gasteiger partial charge in [-0.15, -0.1) is 0 Å². The van der Waals surface area contributed by atoms with Gasteiger partial charge in [-0.25, -0.2) is 8.42 Å². The van der Waals surface area contributed by atoms with Gasteiger partial charge in [-0.1, -0.05) is 29.8 Å². The van der Waals surface area contributed by atoms with Crippen LogP contribution in [0.1, 0.15) is 22.3 Å². The standard InChI is InChI=1S/C12H17NO3S/c1-9-3-5-10(6-4-9)12(14)11(13)7-8-17(2,15)16/h3-6,11H,7-8,13H2,1-2H3. The minimum absolute atomic E-state index is 0.0637. The van der Waals surface area contributed by atoms with E-state index < -0.39 is 15.9 Å². The lowest BCUT2D eigenvalue weighted by Gasteiger charge is -2.09. The number of Topliss-reactive ketones (excluding diaryl/α,β-unsaturated/α-hetero) is 1. The van der Waals surface area contributed by atoms with Crippen LogP contribution in [-0.4, -0.2) is 32.3 Å². The van der Waals surface area contributed by atoms with E-state index in [4.69, 9.17) is 5.73 Å². The van der Waals surface area contributed by atoms with Crippen LogP contribution in [-0.2, 0) is 9.84 Å². The molecule has 0 radical (unpaired) electrons. The fourth-order valence-corrected chi connectivity index (χ4v) is 2.09. The first kappa shape index (κ1) is 13.9. The first-order valence-corrected chi connectivity index (χ1v) is 7.40. The van der Waals surface area contributed by atoms with Crippen molar-refractivity contribution in [1.29, 1.82) is 0 Å². The minimum atomic E-state index is -3.07. The van der Waals surface area contributed by atoms with Crippen LogP contribution in [0.15, 0.2) is 24.3 Å². The van der Waals surface area contributed by atoms with Crippen molar-refractivity contribution in [3.8, 4) is 0 Å². The molecule has 1 rings (SSSR count). The Labute approximate surface area is 102 Å². The SMILES string of the molecule is Cc1ccc(C(=O)C(N)CCS(C)(=O)=O)cc1. The third kappa shape index (κ3) is 4.66. The number of sulfone groups is 1. The lowest BCUT2D eigenvalue weighted by Crippen LogP contribution is -2.32. The van der Waals surface area contributed by atoms with Crippen molar-refractivity contribution < 1.29 is 13.2 Å². The van der Waals surface area contributed by atoms with E-state index in [9.17, 15) is 13.2 Å². The van der Waals surface area contributed by atoms with Gasteiger partial charge in [0.2, 0.25) is 0 Å². The van der Waals surface area contributed by atoms with Gasteiger partial charge in [0.25, 0.3) is 0 Å². The summed E-state index contributed by atoms with van der Waals surface area (Å²) in [5, 5.41) is 0. The van der Waals surface area contributed by atoms with Crippen LogP contribution in [0.25, 0.3) is 0 Å². The van der Waals surface area contributed by atoms with Crippen molar-refractivity contribution in [2.45, 2.75) is 19.4 Å². The average Bonchev–Trinajstić information content (AvgIpc) is 2.25. The van der Waals surface area contributed by atoms with Gasteiger partial charge in [0.05, 0.1) is 11.8 Å². The van der Waals surface area contributed by atoms with Crippen molar-refractivity contribution >= 4 is 15.6 Å². The molecular formula is C12H17NO3S. The molecule has 0 bridgehead atoms. The Balaban J connectivity index is 2.67. The van der Waals surface area contributed by atoms with Crippen LogP contribution in [0.4, 0.5) is 0 Å². The van der Waals surface area contributed by atoms with Gasteiger partial charge in [0.15, 0.2) is 5.78 Å². The number of hydrogen-bond acceptors (Lipinski definition) is 4.